The van der Waals surface area contributed by atoms with Crippen molar-refractivity contribution in [2.45, 2.75) is 139 Å². The quantitative estimate of drug-likeness (QED) is 0.0320. The van der Waals surface area contributed by atoms with E-state index >= 15 is 0 Å². The zero-order chi connectivity index (χ0) is 45.2. The van der Waals surface area contributed by atoms with E-state index < -0.39 is 0 Å². The number of benzene rings is 4. The van der Waals surface area contributed by atoms with Gasteiger partial charge in [0.15, 0.2) is 0 Å². The largest absolute Gasteiger partial charge is 0.463 e. The fourth-order valence-electron chi connectivity index (χ4n) is 9.74. The Hall–Kier alpha value is -4.80. The molecule has 0 bridgehead atoms. The summed E-state index contributed by atoms with van der Waals surface area (Å²) < 4.78 is 5.08. The molecule has 0 radical (unpaired) electrons. The van der Waals surface area contributed by atoms with Crippen LogP contribution >= 0.6 is 23.5 Å². The first-order valence-electron chi connectivity index (χ1n) is 24.9. The van der Waals surface area contributed by atoms with Crippen molar-refractivity contribution in [2.24, 2.45) is 31.4 Å². The molecule has 0 amide bonds. The number of azo groups is 2. The Balaban J connectivity index is 0.644. The molecule has 0 spiro atoms. The van der Waals surface area contributed by atoms with Crippen LogP contribution in [0, 0.1) is 5.92 Å². The Bertz CT molecular complexity index is 2260. The first-order valence-corrected chi connectivity index (χ1v) is 26.7. The molecule has 1 aliphatic carbocycles. The number of carbonyl (C=O) groups is 1. The lowest BCUT2D eigenvalue weighted by Crippen LogP contribution is -2.17. The maximum Gasteiger partial charge on any atom is 0.330 e. The lowest BCUT2D eigenvalue weighted by Gasteiger charge is -2.29. The third-order valence-electron chi connectivity index (χ3n) is 13.7. The molecule has 0 aromatic heterocycles. The van der Waals surface area contributed by atoms with Gasteiger partial charge < -0.3 is 9.64 Å². The number of anilines is 1. The Morgan fingerprint density at radius 1 is 0.652 bits per heavy atom. The van der Waals surface area contributed by atoms with E-state index in [-0.39, 0.29) is 16.6 Å². The van der Waals surface area contributed by atoms with Crippen molar-refractivity contribution in [1.29, 1.82) is 0 Å². The number of hydrogen-bond acceptors (Lipinski definition) is 10. The molecular formula is C56H68N6O2S2. The van der Waals surface area contributed by atoms with Gasteiger partial charge in [-0.15, -0.1) is 15.3 Å². The second kappa shape index (κ2) is 25.4. The number of thioether (sulfide) groups is 2. The van der Waals surface area contributed by atoms with Gasteiger partial charge in [-0.05, 0) is 153 Å². The van der Waals surface area contributed by atoms with Crippen LogP contribution in [0.25, 0.3) is 11.1 Å². The number of carbonyl (C=O) groups excluding carboxylic acids is 1. The minimum Gasteiger partial charge on any atom is -0.463 e. The SMILES string of the molecule is C=CC(=O)OCCCCCCC1CCC(c2ccc(-c3ccc(CCCCCCCCc4ccc(N=NC5=CC6SC(N=Nc7ccc(N8CCCC8)cc7)=NC6S5)cc4)cc3)cc2)CC1. The zero-order valence-corrected chi connectivity index (χ0v) is 40.4. The van der Waals surface area contributed by atoms with Crippen LogP contribution in [0.3, 0.4) is 0 Å². The zero-order valence-electron chi connectivity index (χ0n) is 38.8. The van der Waals surface area contributed by atoms with Crippen LogP contribution in [0.5, 0.6) is 0 Å². The van der Waals surface area contributed by atoms with Crippen molar-refractivity contribution in [3.05, 3.63) is 138 Å². The fraction of sp³-hybridized carbons (Fsp3) is 0.464. The molecule has 0 N–H and O–H groups in total. The molecule has 3 heterocycles. The number of fused-ring (bicyclic) bond motifs is 1. The lowest BCUT2D eigenvalue weighted by atomic mass is 9.77. The molecule has 66 heavy (non-hydrogen) atoms. The highest BCUT2D eigenvalue weighted by molar-refractivity contribution is 8.16. The fourth-order valence-corrected chi connectivity index (χ4v) is 12.0. The van der Waals surface area contributed by atoms with Crippen LogP contribution in [-0.4, -0.2) is 41.5 Å². The van der Waals surface area contributed by atoms with Crippen LogP contribution in [0.1, 0.15) is 132 Å². The molecule has 1 saturated carbocycles. The first-order chi connectivity index (χ1) is 32.5. The number of ether oxygens (including phenoxy) is 1. The summed E-state index contributed by atoms with van der Waals surface area (Å²) in [4.78, 5) is 18.4. The van der Waals surface area contributed by atoms with Crippen molar-refractivity contribution in [3.8, 4) is 11.1 Å². The van der Waals surface area contributed by atoms with E-state index in [1.807, 2.05) is 12.1 Å². The maximum atomic E-state index is 11.1. The molecule has 4 aromatic carbocycles. The number of esters is 1. The van der Waals surface area contributed by atoms with E-state index in [0.29, 0.717) is 12.5 Å². The van der Waals surface area contributed by atoms with Crippen LogP contribution in [-0.2, 0) is 22.4 Å². The van der Waals surface area contributed by atoms with Gasteiger partial charge in [0.05, 0.1) is 23.2 Å². The van der Waals surface area contributed by atoms with Gasteiger partial charge in [-0.1, -0.05) is 142 Å². The molecule has 4 aromatic rings. The van der Waals surface area contributed by atoms with Crippen LogP contribution in [0.15, 0.2) is 146 Å². The molecule has 8 nitrogen and oxygen atoms in total. The highest BCUT2D eigenvalue weighted by Crippen LogP contribution is 2.45. The van der Waals surface area contributed by atoms with E-state index in [9.17, 15) is 4.79 Å². The molecule has 346 valence electrons. The third-order valence-corrected chi connectivity index (χ3v) is 16.0. The molecule has 3 aliphatic heterocycles. The molecular weight excluding hydrogens is 853 g/mol. The van der Waals surface area contributed by atoms with Crippen molar-refractivity contribution < 1.29 is 9.53 Å². The summed E-state index contributed by atoms with van der Waals surface area (Å²) in [6, 6.07) is 35.6. The number of unbranched alkanes of at least 4 members (excludes halogenated alkanes) is 8. The summed E-state index contributed by atoms with van der Waals surface area (Å²) in [7, 11) is 0. The molecule has 2 atom stereocenters. The molecule has 2 fully saturated rings. The lowest BCUT2D eigenvalue weighted by molar-refractivity contribution is -0.137. The van der Waals surface area contributed by atoms with Crippen LogP contribution < -0.4 is 4.90 Å². The molecule has 4 aliphatic rings. The Kier molecular flexibility index (Phi) is 18.3. The predicted molar refractivity (Wildman–Crippen MR) is 278 cm³/mol. The van der Waals surface area contributed by atoms with E-state index in [1.165, 1.54) is 136 Å². The van der Waals surface area contributed by atoms with Crippen molar-refractivity contribution in [2.75, 3.05) is 24.6 Å². The van der Waals surface area contributed by atoms with Gasteiger partial charge in [0.25, 0.3) is 0 Å². The van der Waals surface area contributed by atoms with Gasteiger partial charge in [-0.25, -0.2) is 9.79 Å². The minimum atomic E-state index is -0.313. The van der Waals surface area contributed by atoms with Crippen molar-refractivity contribution >= 4 is 51.7 Å². The van der Waals surface area contributed by atoms with Gasteiger partial charge in [-0.2, -0.15) is 5.11 Å². The standard InChI is InChI=1S/C56H68N6O2S2/c1-2-54(63)64-40-14-8-7-11-16-43-20-26-46(27-21-43)48-30-28-47(29-31-48)45-24-18-42(19-25-45)15-9-5-3-4-6-10-17-44-22-32-49(33-23-44)58-60-53-41-52-55(66-53)57-56(65-52)61-59-50-34-36-51(37-35-50)62-38-12-13-39-62/h2,18-19,22-25,28-37,41,43,46,52,55H,1,3-17,20-21,26-27,38-40H2. The number of nitrogens with zero attached hydrogens (tertiary/aromatic N) is 6. The van der Waals surface area contributed by atoms with Gasteiger partial charge in [0.1, 0.15) is 10.4 Å². The van der Waals surface area contributed by atoms with E-state index in [1.54, 1.807) is 23.5 Å². The van der Waals surface area contributed by atoms with Crippen LogP contribution in [0.4, 0.5) is 17.1 Å². The predicted octanol–water partition coefficient (Wildman–Crippen LogP) is 16.3. The summed E-state index contributed by atoms with van der Waals surface area (Å²) in [5, 5.41) is 19.9. The Morgan fingerprint density at radius 3 is 1.88 bits per heavy atom. The number of aryl methyl sites for hydroxylation is 2. The van der Waals surface area contributed by atoms with Crippen molar-refractivity contribution in [3.63, 3.8) is 0 Å². The highest BCUT2D eigenvalue weighted by atomic mass is 32.2. The normalized spacial score (nSPS) is 20.5. The third kappa shape index (κ3) is 14.6. The van der Waals surface area contributed by atoms with Gasteiger partial charge in [0.2, 0.25) is 5.17 Å². The number of rotatable bonds is 23. The molecule has 1 saturated heterocycles. The van der Waals surface area contributed by atoms with Crippen molar-refractivity contribution in [1.82, 2.24) is 0 Å². The second-order valence-corrected chi connectivity index (χ2v) is 20.8. The topological polar surface area (TPSA) is 91.3 Å². The van der Waals surface area contributed by atoms with Gasteiger partial charge >= 0.3 is 5.97 Å². The second-order valence-electron chi connectivity index (χ2n) is 18.5. The van der Waals surface area contributed by atoms with Gasteiger partial charge in [0, 0.05) is 24.9 Å². The average Bonchev–Trinajstić information content (AvgIpc) is 4.13. The smallest absolute Gasteiger partial charge is 0.330 e. The van der Waals surface area contributed by atoms with E-state index in [2.05, 4.69) is 123 Å². The van der Waals surface area contributed by atoms with Crippen LogP contribution in [0.2, 0.25) is 0 Å². The maximum absolute atomic E-state index is 11.1. The Morgan fingerprint density at radius 2 is 1.23 bits per heavy atom. The molecule has 2 unspecified atom stereocenters. The molecule has 8 rings (SSSR count). The first kappa shape index (κ1) is 47.7. The summed E-state index contributed by atoms with van der Waals surface area (Å²) >= 11 is 3.30. The highest BCUT2D eigenvalue weighted by Gasteiger charge is 2.36. The van der Waals surface area contributed by atoms with E-state index in [0.717, 1.165) is 66.3 Å². The van der Waals surface area contributed by atoms with E-state index in [4.69, 9.17) is 9.73 Å². The van der Waals surface area contributed by atoms with Gasteiger partial charge in [-0.3, -0.25) is 0 Å². The summed E-state index contributed by atoms with van der Waals surface area (Å²) in [5.74, 6) is 1.26. The summed E-state index contributed by atoms with van der Waals surface area (Å²) in [6.45, 7) is 6.24. The Labute approximate surface area is 402 Å². The molecule has 10 heteroatoms. The monoisotopic (exact) mass is 920 g/mol. The minimum absolute atomic E-state index is 0.0796. The number of amidine groups is 1. The number of hydrogen-bond donors (Lipinski definition) is 0. The summed E-state index contributed by atoms with van der Waals surface area (Å²) in [5.41, 5.74) is 9.96. The summed E-state index contributed by atoms with van der Waals surface area (Å²) in [6.07, 6.45) is 27.1. The number of aliphatic imine (C=N–C) groups is 1. The average molecular weight is 921 g/mol.